The van der Waals surface area contributed by atoms with E-state index >= 15 is 0 Å². The number of allylic oxidation sites excluding steroid dienone is 1. The molecule has 1 unspecified atom stereocenters. The molecule has 0 radical (unpaired) electrons. The normalized spacial score (nSPS) is 11.9. The van der Waals surface area contributed by atoms with E-state index in [4.69, 9.17) is 9.47 Å². The molecule has 0 amide bonds. The Morgan fingerprint density at radius 3 is 2.43 bits per heavy atom. The number of rotatable bonds is 8. The largest absolute Gasteiger partial charge is 0.491 e. The van der Waals surface area contributed by atoms with Crippen LogP contribution in [0.5, 0.6) is 5.75 Å². The summed E-state index contributed by atoms with van der Waals surface area (Å²) in [7, 11) is 1.68. The van der Waals surface area contributed by atoms with Crippen LogP contribution < -0.4 is 4.74 Å². The van der Waals surface area contributed by atoms with Gasteiger partial charge in [0.15, 0.2) is 0 Å². The van der Waals surface area contributed by atoms with Gasteiger partial charge in [-0.3, -0.25) is 0 Å². The number of benzene rings is 2. The van der Waals surface area contributed by atoms with E-state index < -0.39 is 0 Å². The predicted molar refractivity (Wildman–Crippen MR) is 86.9 cm³/mol. The maximum atomic E-state index is 5.87. The third kappa shape index (κ3) is 4.20. The highest BCUT2D eigenvalue weighted by molar-refractivity contribution is 5.42. The van der Waals surface area contributed by atoms with Crippen molar-refractivity contribution in [1.29, 1.82) is 0 Å². The molecule has 21 heavy (non-hydrogen) atoms. The Labute approximate surface area is 127 Å². The summed E-state index contributed by atoms with van der Waals surface area (Å²) in [6.45, 7) is 5.04. The van der Waals surface area contributed by atoms with Gasteiger partial charge >= 0.3 is 0 Å². The Balaban J connectivity index is 2.29. The second-order valence-corrected chi connectivity index (χ2v) is 4.87. The molecule has 0 bridgehead atoms. The molecule has 0 heterocycles. The van der Waals surface area contributed by atoms with E-state index in [0.29, 0.717) is 13.2 Å². The van der Waals surface area contributed by atoms with E-state index in [9.17, 15) is 0 Å². The van der Waals surface area contributed by atoms with Crippen LogP contribution in [0.15, 0.2) is 67.3 Å². The van der Waals surface area contributed by atoms with Crippen molar-refractivity contribution in [2.45, 2.75) is 12.3 Å². The lowest BCUT2D eigenvalue weighted by molar-refractivity contribution is 0.145. The molecule has 0 aliphatic carbocycles. The predicted octanol–water partition coefficient (Wildman–Crippen LogP) is 4.42. The van der Waals surface area contributed by atoms with E-state index in [-0.39, 0.29) is 5.92 Å². The van der Waals surface area contributed by atoms with Gasteiger partial charge in [0.2, 0.25) is 0 Å². The highest BCUT2D eigenvalue weighted by Crippen LogP contribution is 2.34. The summed E-state index contributed by atoms with van der Waals surface area (Å²) in [5, 5.41) is 0. The number of para-hydroxylation sites is 1. The lowest BCUT2D eigenvalue weighted by atomic mass is 9.88. The maximum Gasteiger partial charge on any atom is 0.123 e. The third-order valence-electron chi connectivity index (χ3n) is 3.44. The summed E-state index contributed by atoms with van der Waals surface area (Å²) in [5.41, 5.74) is 2.47. The van der Waals surface area contributed by atoms with Crippen LogP contribution in [0.4, 0.5) is 0 Å². The van der Waals surface area contributed by atoms with Crippen molar-refractivity contribution in [3.63, 3.8) is 0 Å². The first-order valence-electron chi connectivity index (χ1n) is 7.23. The van der Waals surface area contributed by atoms with Gasteiger partial charge in [0.25, 0.3) is 0 Å². The molecule has 2 heteroatoms. The molecule has 0 N–H and O–H groups in total. The zero-order valence-electron chi connectivity index (χ0n) is 12.5. The third-order valence-corrected chi connectivity index (χ3v) is 3.44. The number of ether oxygens (including phenoxy) is 2. The summed E-state index contributed by atoms with van der Waals surface area (Å²) in [5.74, 6) is 1.19. The molecule has 0 spiro atoms. The van der Waals surface area contributed by atoms with Crippen LogP contribution in [0.3, 0.4) is 0 Å². The molecular weight excluding hydrogens is 260 g/mol. The Kier molecular flexibility index (Phi) is 6.04. The van der Waals surface area contributed by atoms with Gasteiger partial charge in [-0.25, -0.2) is 0 Å². The van der Waals surface area contributed by atoms with Gasteiger partial charge in [0.1, 0.15) is 12.4 Å². The molecule has 0 aliphatic heterocycles. The molecule has 110 valence electrons. The summed E-state index contributed by atoms with van der Waals surface area (Å²) in [6, 6.07) is 18.7. The van der Waals surface area contributed by atoms with Crippen LogP contribution in [0.1, 0.15) is 23.5 Å². The van der Waals surface area contributed by atoms with Gasteiger partial charge in [0.05, 0.1) is 6.61 Å². The molecule has 0 saturated heterocycles. The van der Waals surface area contributed by atoms with Crippen LogP contribution >= 0.6 is 0 Å². The summed E-state index contributed by atoms with van der Waals surface area (Å²) >= 11 is 0. The molecule has 2 aromatic carbocycles. The fourth-order valence-corrected chi connectivity index (χ4v) is 2.43. The van der Waals surface area contributed by atoms with Crippen molar-refractivity contribution in [1.82, 2.24) is 0 Å². The lowest BCUT2D eigenvalue weighted by Crippen LogP contribution is -2.08. The molecule has 0 aromatic heterocycles. The maximum absolute atomic E-state index is 5.87. The fourth-order valence-electron chi connectivity index (χ4n) is 2.43. The van der Waals surface area contributed by atoms with Crippen molar-refractivity contribution < 1.29 is 9.47 Å². The summed E-state index contributed by atoms with van der Waals surface area (Å²) in [6.07, 6.45) is 2.85. The van der Waals surface area contributed by atoms with Gasteiger partial charge in [0, 0.05) is 18.6 Å². The Bertz CT molecular complexity index is 549. The van der Waals surface area contributed by atoms with Crippen molar-refractivity contribution in [3.05, 3.63) is 78.4 Å². The Morgan fingerprint density at radius 2 is 1.71 bits per heavy atom. The Hall–Kier alpha value is -2.06. The second kappa shape index (κ2) is 8.28. The Morgan fingerprint density at radius 1 is 1.00 bits per heavy atom. The zero-order valence-corrected chi connectivity index (χ0v) is 12.5. The molecule has 2 nitrogen and oxygen atoms in total. The van der Waals surface area contributed by atoms with Crippen LogP contribution in [0, 0.1) is 0 Å². The highest BCUT2D eigenvalue weighted by atomic mass is 16.5. The summed E-state index contributed by atoms with van der Waals surface area (Å²) < 4.78 is 10.9. The standard InChI is InChI=1S/C19H22O2/c1-3-9-17(16-10-5-4-6-11-16)18-12-7-8-13-19(18)21-15-14-20-2/h3-8,10-13,17H,1,9,14-15H2,2H3. The van der Waals surface area contributed by atoms with Gasteiger partial charge in [-0.15, -0.1) is 6.58 Å². The number of hydrogen-bond acceptors (Lipinski definition) is 2. The molecule has 0 saturated carbocycles. The number of methoxy groups -OCH3 is 1. The molecule has 1 atom stereocenters. The van der Waals surface area contributed by atoms with Crippen molar-refractivity contribution in [2.24, 2.45) is 0 Å². The van der Waals surface area contributed by atoms with Crippen LogP contribution in [-0.2, 0) is 4.74 Å². The zero-order chi connectivity index (χ0) is 14.9. The van der Waals surface area contributed by atoms with E-state index in [1.807, 2.05) is 24.3 Å². The van der Waals surface area contributed by atoms with Gasteiger partial charge in [-0.1, -0.05) is 54.6 Å². The van der Waals surface area contributed by atoms with E-state index in [0.717, 1.165) is 12.2 Å². The molecule has 2 aromatic rings. The molecule has 2 rings (SSSR count). The quantitative estimate of drug-likeness (QED) is 0.527. The van der Waals surface area contributed by atoms with E-state index in [2.05, 4.69) is 43.0 Å². The number of hydrogen-bond donors (Lipinski definition) is 0. The minimum atomic E-state index is 0.266. The fraction of sp³-hybridized carbons (Fsp3) is 0.263. The highest BCUT2D eigenvalue weighted by Gasteiger charge is 2.16. The van der Waals surface area contributed by atoms with E-state index in [1.165, 1.54) is 11.1 Å². The smallest absolute Gasteiger partial charge is 0.123 e. The van der Waals surface area contributed by atoms with Crippen molar-refractivity contribution >= 4 is 0 Å². The van der Waals surface area contributed by atoms with Crippen molar-refractivity contribution in [2.75, 3.05) is 20.3 Å². The van der Waals surface area contributed by atoms with Gasteiger partial charge < -0.3 is 9.47 Å². The first kappa shape index (κ1) is 15.3. The molecule has 0 aliphatic rings. The first-order valence-corrected chi connectivity index (χ1v) is 7.23. The minimum Gasteiger partial charge on any atom is -0.491 e. The minimum absolute atomic E-state index is 0.266. The first-order chi connectivity index (χ1) is 10.4. The average molecular weight is 282 g/mol. The molecule has 0 fully saturated rings. The van der Waals surface area contributed by atoms with Gasteiger partial charge in [-0.2, -0.15) is 0 Å². The van der Waals surface area contributed by atoms with Crippen LogP contribution in [0.2, 0.25) is 0 Å². The van der Waals surface area contributed by atoms with Crippen LogP contribution in [0.25, 0.3) is 0 Å². The topological polar surface area (TPSA) is 18.5 Å². The monoisotopic (exact) mass is 282 g/mol. The average Bonchev–Trinajstić information content (AvgIpc) is 2.54. The SMILES string of the molecule is C=CCC(c1ccccc1)c1ccccc1OCCOC. The van der Waals surface area contributed by atoms with E-state index in [1.54, 1.807) is 7.11 Å². The van der Waals surface area contributed by atoms with Crippen molar-refractivity contribution in [3.8, 4) is 5.75 Å². The van der Waals surface area contributed by atoms with Gasteiger partial charge in [-0.05, 0) is 18.1 Å². The molecular formula is C19H22O2. The summed E-state index contributed by atoms with van der Waals surface area (Å²) in [4.78, 5) is 0. The van der Waals surface area contributed by atoms with Crippen LogP contribution in [-0.4, -0.2) is 20.3 Å². The lowest BCUT2D eigenvalue weighted by Gasteiger charge is -2.20. The second-order valence-electron chi connectivity index (χ2n) is 4.87.